The molecule has 1 aromatic heterocycles. The van der Waals surface area contributed by atoms with Crippen molar-refractivity contribution in [3.63, 3.8) is 0 Å². The van der Waals surface area contributed by atoms with Crippen molar-refractivity contribution in [2.24, 2.45) is 0 Å². The first kappa shape index (κ1) is 13.3. The molecule has 0 spiro atoms. The Bertz CT molecular complexity index is 617. The highest BCUT2D eigenvalue weighted by Gasteiger charge is 2.11. The van der Waals surface area contributed by atoms with Crippen molar-refractivity contribution in [2.45, 2.75) is 6.92 Å². The van der Waals surface area contributed by atoms with Crippen molar-refractivity contribution in [3.05, 3.63) is 47.0 Å². The number of hydrogen-bond donors (Lipinski definition) is 1. The van der Waals surface area contributed by atoms with Crippen molar-refractivity contribution >= 4 is 23.2 Å². The van der Waals surface area contributed by atoms with Gasteiger partial charge in [0.2, 0.25) is 0 Å². The van der Waals surface area contributed by atoms with E-state index in [-0.39, 0.29) is 11.6 Å². The smallest absolute Gasteiger partial charge is 0.274 e. The summed E-state index contributed by atoms with van der Waals surface area (Å²) >= 11 is 5.90. The number of nitrogens with one attached hydrogen (secondary N) is 1. The predicted molar refractivity (Wildman–Crippen MR) is 72.7 cm³/mol. The van der Waals surface area contributed by atoms with Gasteiger partial charge in [-0.2, -0.15) is 0 Å². The van der Waals surface area contributed by atoms with Crippen molar-refractivity contribution in [1.29, 1.82) is 0 Å². The van der Waals surface area contributed by atoms with Crippen molar-refractivity contribution in [3.8, 4) is 5.75 Å². The van der Waals surface area contributed by atoms with Gasteiger partial charge in [-0.15, -0.1) is 0 Å². The highest BCUT2D eigenvalue weighted by Crippen LogP contribution is 2.27. The van der Waals surface area contributed by atoms with Gasteiger partial charge in [-0.25, -0.2) is 9.97 Å². The lowest BCUT2D eigenvalue weighted by Gasteiger charge is -2.10. The number of halogens is 1. The Labute approximate surface area is 115 Å². The molecule has 2 rings (SSSR count). The van der Waals surface area contributed by atoms with Gasteiger partial charge in [-0.3, -0.25) is 4.79 Å². The quantitative estimate of drug-likeness (QED) is 0.937. The molecule has 19 heavy (non-hydrogen) atoms. The molecule has 0 bridgehead atoms. The molecule has 1 N–H and O–H groups in total. The maximum absolute atomic E-state index is 12.0. The first-order valence-corrected chi connectivity index (χ1v) is 5.91. The van der Waals surface area contributed by atoms with Crippen LogP contribution in [-0.2, 0) is 0 Å². The number of carbonyl (C=O) groups is 1. The minimum atomic E-state index is -0.342. The number of ether oxygens (including phenoxy) is 1. The number of carbonyl (C=O) groups excluding carboxylic acids is 1. The van der Waals surface area contributed by atoms with E-state index in [1.807, 2.05) is 0 Å². The van der Waals surface area contributed by atoms with Gasteiger partial charge < -0.3 is 10.1 Å². The van der Waals surface area contributed by atoms with Gasteiger partial charge in [0.15, 0.2) is 0 Å². The second kappa shape index (κ2) is 5.67. The first-order valence-electron chi connectivity index (χ1n) is 5.53. The number of benzene rings is 1. The molecule has 1 heterocycles. The molecule has 0 atom stereocenters. The van der Waals surface area contributed by atoms with Crippen LogP contribution < -0.4 is 10.1 Å². The van der Waals surface area contributed by atoms with Crippen LogP contribution in [0.25, 0.3) is 0 Å². The number of aromatic nitrogens is 2. The number of anilines is 1. The second-order valence-corrected chi connectivity index (χ2v) is 4.28. The summed E-state index contributed by atoms with van der Waals surface area (Å²) in [6, 6.07) is 6.59. The van der Waals surface area contributed by atoms with Crippen LogP contribution in [0.2, 0.25) is 5.02 Å². The molecule has 0 radical (unpaired) electrons. The monoisotopic (exact) mass is 277 g/mol. The van der Waals surface area contributed by atoms with Gasteiger partial charge in [0, 0.05) is 10.7 Å². The van der Waals surface area contributed by atoms with E-state index in [2.05, 4.69) is 15.3 Å². The molecular formula is C13H12ClN3O2. The Morgan fingerprint density at radius 1 is 1.32 bits per heavy atom. The fourth-order valence-corrected chi connectivity index (χ4v) is 1.72. The van der Waals surface area contributed by atoms with Crippen LogP contribution in [0.4, 0.5) is 5.69 Å². The van der Waals surface area contributed by atoms with Gasteiger partial charge in [-0.1, -0.05) is 11.6 Å². The number of hydrogen-bond acceptors (Lipinski definition) is 4. The number of nitrogens with zero attached hydrogens (tertiary/aromatic N) is 2. The molecule has 6 heteroatoms. The molecule has 0 fully saturated rings. The minimum absolute atomic E-state index is 0.287. The summed E-state index contributed by atoms with van der Waals surface area (Å²) in [6.45, 7) is 1.79. The zero-order valence-corrected chi connectivity index (χ0v) is 11.2. The van der Waals surface area contributed by atoms with Crippen molar-refractivity contribution < 1.29 is 9.53 Å². The summed E-state index contributed by atoms with van der Waals surface area (Å²) in [5.41, 5.74) is 1.50. The molecule has 0 saturated carbocycles. The molecule has 0 aliphatic carbocycles. The lowest BCUT2D eigenvalue weighted by atomic mass is 10.2. The van der Waals surface area contributed by atoms with Crippen molar-refractivity contribution in [2.75, 3.05) is 12.4 Å². The largest absolute Gasteiger partial charge is 0.495 e. The van der Waals surface area contributed by atoms with E-state index >= 15 is 0 Å². The molecule has 2 aromatic rings. The Kier molecular flexibility index (Phi) is 3.97. The van der Waals surface area contributed by atoms with Gasteiger partial charge in [0.25, 0.3) is 5.91 Å². The van der Waals surface area contributed by atoms with E-state index in [1.54, 1.807) is 31.2 Å². The zero-order valence-electron chi connectivity index (χ0n) is 10.5. The van der Waals surface area contributed by atoms with Crippen LogP contribution in [0, 0.1) is 6.92 Å². The first-order chi connectivity index (χ1) is 9.10. The maximum atomic E-state index is 12.0. The molecular weight excluding hydrogens is 266 g/mol. The summed E-state index contributed by atoms with van der Waals surface area (Å²) in [6.07, 6.45) is 1.35. The Morgan fingerprint density at radius 2 is 2.11 bits per heavy atom. The van der Waals surface area contributed by atoms with Gasteiger partial charge in [-0.05, 0) is 31.2 Å². The third-order valence-electron chi connectivity index (χ3n) is 2.45. The topological polar surface area (TPSA) is 64.1 Å². The van der Waals surface area contributed by atoms with Crippen LogP contribution >= 0.6 is 11.6 Å². The summed E-state index contributed by atoms with van der Waals surface area (Å²) in [7, 11) is 1.52. The van der Waals surface area contributed by atoms with E-state index in [0.29, 0.717) is 16.5 Å². The predicted octanol–water partition coefficient (Wildman–Crippen LogP) is 2.70. The molecule has 98 valence electrons. The van der Waals surface area contributed by atoms with Gasteiger partial charge in [0.05, 0.1) is 12.8 Å². The lowest BCUT2D eigenvalue weighted by Crippen LogP contribution is -2.14. The summed E-state index contributed by atoms with van der Waals surface area (Å²) in [4.78, 5) is 19.9. The third-order valence-corrected chi connectivity index (χ3v) is 2.68. The van der Waals surface area contributed by atoms with Crippen LogP contribution in [0.5, 0.6) is 5.75 Å². The number of amides is 1. The fourth-order valence-electron chi connectivity index (χ4n) is 1.54. The lowest BCUT2D eigenvalue weighted by molar-refractivity contribution is 0.102. The van der Waals surface area contributed by atoms with E-state index in [9.17, 15) is 4.79 Å². The molecule has 1 amide bonds. The summed E-state index contributed by atoms with van der Waals surface area (Å²) in [5, 5.41) is 3.22. The zero-order chi connectivity index (χ0) is 13.8. The Balaban J connectivity index is 2.26. The molecule has 0 unspecified atom stereocenters. The maximum Gasteiger partial charge on any atom is 0.274 e. The van der Waals surface area contributed by atoms with Crippen LogP contribution in [0.15, 0.2) is 30.6 Å². The van der Waals surface area contributed by atoms with Crippen LogP contribution in [0.1, 0.15) is 16.2 Å². The number of aryl methyl sites for hydroxylation is 1. The SMILES string of the molecule is COc1ccc(Cl)cc1NC(=O)c1cc(C)ncn1. The molecule has 0 saturated heterocycles. The summed E-state index contributed by atoms with van der Waals surface area (Å²) < 4.78 is 5.15. The van der Waals surface area contributed by atoms with E-state index in [1.165, 1.54) is 13.4 Å². The standard InChI is InChI=1S/C13H12ClN3O2/c1-8-5-11(16-7-15-8)13(18)17-10-6-9(14)3-4-12(10)19-2/h3-7H,1-2H3,(H,17,18). The molecule has 1 aromatic carbocycles. The fraction of sp³-hybridized carbons (Fsp3) is 0.154. The third kappa shape index (κ3) is 3.20. The number of methoxy groups -OCH3 is 1. The second-order valence-electron chi connectivity index (χ2n) is 3.84. The Hall–Kier alpha value is -2.14. The van der Waals surface area contributed by atoms with Gasteiger partial charge in [0.1, 0.15) is 17.8 Å². The normalized spacial score (nSPS) is 10.1. The van der Waals surface area contributed by atoms with E-state index < -0.39 is 0 Å². The average Bonchev–Trinajstić information content (AvgIpc) is 2.39. The minimum Gasteiger partial charge on any atom is -0.495 e. The van der Waals surface area contributed by atoms with E-state index in [4.69, 9.17) is 16.3 Å². The Morgan fingerprint density at radius 3 is 2.79 bits per heavy atom. The van der Waals surface area contributed by atoms with Gasteiger partial charge >= 0.3 is 0 Å². The molecule has 5 nitrogen and oxygen atoms in total. The molecule has 0 aliphatic rings. The highest BCUT2D eigenvalue weighted by molar-refractivity contribution is 6.31. The van der Waals surface area contributed by atoms with E-state index in [0.717, 1.165) is 5.69 Å². The average molecular weight is 278 g/mol. The highest BCUT2D eigenvalue weighted by atomic mass is 35.5. The summed E-state index contributed by atoms with van der Waals surface area (Å²) in [5.74, 6) is 0.189. The van der Waals surface area contributed by atoms with Crippen molar-refractivity contribution in [1.82, 2.24) is 9.97 Å². The van der Waals surface area contributed by atoms with Crippen LogP contribution in [-0.4, -0.2) is 23.0 Å². The molecule has 0 aliphatic heterocycles. The van der Waals surface area contributed by atoms with Crippen LogP contribution in [0.3, 0.4) is 0 Å². The number of rotatable bonds is 3.